The molecule has 0 unspecified atom stereocenters. The van der Waals surface area contributed by atoms with Crippen LogP contribution >= 0.6 is 0 Å². The van der Waals surface area contributed by atoms with Gasteiger partial charge in [-0.1, -0.05) is 48.5 Å². The van der Waals surface area contributed by atoms with E-state index in [1.807, 2.05) is 6.92 Å². The molecule has 1 fully saturated rings. The fourth-order valence-corrected chi connectivity index (χ4v) is 7.49. The predicted molar refractivity (Wildman–Crippen MR) is 164 cm³/mol. The van der Waals surface area contributed by atoms with Crippen molar-refractivity contribution in [3.63, 3.8) is 0 Å². The molecule has 0 aliphatic carbocycles. The summed E-state index contributed by atoms with van der Waals surface area (Å²) in [6, 6.07) is 24.0. The topological polar surface area (TPSA) is 87.3 Å². The molecule has 0 bridgehead atoms. The van der Waals surface area contributed by atoms with Gasteiger partial charge in [0, 0.05) is 42.7 Å². The molecule has 1 heterocycles. The number of piperazine rings is 1. The maximum atomic E-state index is 15.3. The van der Waals surface area contributed by atoms with Gasteiger partial charge in [-0.05, 0) is 79.4 Å². The number of hydrogen-bond acceptors (Lipinski definition) is 5. The Hall–Kier alpha value is -3.99. The van der Waals surface area contributed by atoms with Gasteiger partial charge in [-0.25, -0.2) is 21.6 Å². The summed E-state index contributed by atoms with van der Waals surface area (Å²) in [7, 11) is -3.89. The van der Waals surface area contributed by atoms with E-state index < -0.39 is 44.0 Å². The van der Waals surface area contributed by atoms with Crippen molar-refractivity contribution < 1.29 is 26.4 Å². The van der Waals surface area contributed by atoms with Crippen LogP contribution in [0.2, 0.25) is 0 Å². The van der Waals surface area contributed by atoms with Crippen LogP contribution in [0.4, 0.5) is 18.9 Å². The molecule has 2 atom stereocenters. The number of amides is 1. The maximum absolute atomic E-state index is 15.3. The van der Waals surface area contributed by atoms with Gasteiger partial charge < -0.3 is 10.6 Å². The molecule has 0 aromatic heterocycles. The maximum Gasteiger partial charge on any atom is 0.225 e. The van der Waals surface area contributed by atoms with Gasteiger partial charge in [0.05, 0.1) is 4.90 Å². The van der Waals surface area contributed by atoms with Crippen molar-refractivity contribution in [3.8, 4) is 0 Å². The van der Waals surface area contributed by atoms with Crippen LogP contribution in [-0.4, -0.2) is 38.3 Å². The number of halogens is 3. The van der Waals surface area contributed by atoms with E-state index in [1.165, 1.54) is 36.4 Å². The molecule has 10 heteroatoms. The molecule has 1 aliphatic rings. The Morgan fingerprint density at radius 1 is 0.886 bits per heavy atom. The number of nitrogens with one attached hydrogen (secondary N) is 3. The Kier molecular flexibility index (Phi) is 9.53. The smallest absolute Gasteiger partial charge is 0.225 e. The summed E-state index contributed by atoms with van der Waals surface area (Å²) < 4.78 is 70.4. The van der Waals surface area contributed by atoms with Crippen LogP contribution in [0.5, 0.6) is 0 Å². The average molecular weight is 622 g/mol. The summed E-state index contributed by atoms with van der Waals surface area (Å²) in [6.45, 7) is 2.47. The number of rotatable bonds is 10. The largest absolute Gasteiger partial charge is 0.326 e. The van der Waals surface area contributed by atoms with Crippen LogP contribution in [0.3, 0.4) is 0 Å². The molecule has 4 aromatic rings. The molecule has 0 saturated carbocycles. The second kappa shape index (κ2) is 13.3. The Labute approximate surface area is 255 Å². The van der Waals surface area contributed by atoms with Gasteiger partial charge in [0.1, 0.15) is 22.3 Å². The first-order valence-corrected chi connectivity index (χ1v) is 15.9. The van der Waals surface area contributed by atoms with Crippen molar-refractivity contribution in [2.24, 2.45) is 0 Å². The zero-order chi connectivity index (χ0) is 31.3. The molecular weight excluding hydrogens is 587 g/mol. The highest BCUT2D eigenvalue weighted by Crippen LogP contribution is 2.33. The molecule has 6 nitrogen and oxygen atoms in total. The molecule has 4 aromatic carbocycles. The predicted octanol–water partition coefficient (Wildman–Crippen LogP) is 5.95. The highest BCUT2D eigenvalue weighted by Gasteiger charge is 2.46. The molecule has 3 N–H and O–H groups in total. The fourth-order valence-electron chi connectivity index (χ4n) is 5.60. The van der Waals surface area contributed by atoms with E-state index >= 15 is 4.39 Å². The molecule has 0 spiro atoms. The number of benzene rings is 4. The Bertz CT molecular complexity index is 1650. The van der Waals surface area contributed by atoms with Crippen LogP contribution in [0.1, 0.15) is 42.4 Å². The highest BCUT2D eigenvalue weighted by molar-refractivity contribution is 7.92. The van der Waals surface area contributed by atoms with Crippen LogP contribution in [-0.2, 0) is 21.1 Å². The third-order valence-electron chi connectivity index (χ3n) is 8.14. The van der Waals surface area contributed by atoms with Gasteiger partial charge in [-0.2, -0.15) is 0 Å². The summed E-state index contributed by atoms with van der Waals surface area (Å²) in [4.78, 5) is 12.2. The molecule has 1 saturated heterocycles. The Balaban J connectivity index is 1.39. The molecule has 5 rings (SSSR count). The lowest BCUT2D eigenvalue weighted by Crippen LogP contribution is -2.66. The SMILES string of the molecule is C[C@@H]1CN[C@@](CCc2c(F)cccc2NC(=O)CC(c2ccc(F)cc2)c2ccc(F)cc2)(S(=O)(=O)c2ccccc2)CN1. The second-order valence-electron chi connectivity index (χ2n) is 11.1. The number of carbonyl (C=O) groups excluding carboxylic acids is 1. The quantitative estimate of drug-likeness (QED) is 0.204. The summed E-state index contributed by atoms with van der Waals surface area (Å²) in [5, 5.41) is 9.29. The number of hydrogen-bond donors (Lipinski definition) is 3. The van der Waals surface area contributed by atoms with Gasteiger partial charge in [-0.15, -0.1) is 0 Å². The molecular formula is C34H34F3N3O3S. The standard InChI is InChI=1S/C34H34F3N3O3S/c1-23-21-39-34(22-38-23,44(42,43)28-6-3-2-4-7-28)19-18-29-31(37)8-5-9-32(29)40-33(41)20-30(24-10-14-26(35)15-11-24)25-12-16-27(36)17-13-25/h2-17,23,30,38-39H,18-22H2,1H3,(H,40,41)/t23-,34+/m1/s1. The van der Waals surface area contributed by atoms with Crippen molar-refractivity contribution in [3.05, 3.63) is 131 Å². The van der Waals surface area contributed by atoms with E-state index in [0.717, 1.165) is 0 Å². The first kappa shape index (κ1) is 31.4. The van der Waals surface area contributed by atoms with Crippen LogP contribution in [0.15, 0.2) is 102 Å². The van der Waals surface area contributed by atoms with Crippen molar-refractivity contribution in [2.45, 2.75) is 47.9 Å². The van der Waals surface area contributed by atoms with E-state index in [1.54, 1.807) is 60.7 Å². The average Bonchev–Trinajstić information content (AvgIpc) is 3.02. The summed E-state index contributed by atoms with van der Waals surface area (Å²) in [5.41, 5.74) is 1.73. The van der Waals surface area contributed by atoms with E-state index in [2.05, 4.69) is 16.0 Å². The minimum absolute atomic E-state index is 0.0246. The van der Waals surface area contributed by atoms with E-state index in [9.17, 15) is 22.0 Å². The van der Waals surface area contributed by atoms with Crippen LogP contribution in [0, 0.1) is 17.5 Å². The number of carbonyl (C=O) groups is 1. The first-order valence-electron chi connectivity index (χ1n) is 14.4. The minimum Gasteiger partial charge on any atom is -0.326 e. The molecule has 1 amide bonds. The summed E-state index contributed by atoms with van der Waals surface area (Å²) in [5.74, 6) is -2.38. The van der Waals surface area contributed by atoms with Crippen LogP contribution < -0.4 is 16.0 Å². The normalized spacial score (nSPS) is 18.7. The summed E-state index contributed by atoms with van der Waals surface area (Å²) >= 11 is 0. The van der Waals surface area contributed by atoms with Crippen molar-refractivity contribution >= 4 is 21.4 Å². The monoisotopic (exact) mass is 621 g/mol. The Morgan fingerprint density at radius 2 is 1.50 bits per heavy atom. The molecule has 1 aliphatic heterocycles. The van der Waals surface area contributed by atoms with Gasteiger partial charge in [0.2, 0.25) is 5.91 Å². The lowest BCUT2D eigenvalue weighted by Gasteiger charge is -2.40. The van der Waals surface area contributed by atoms with E-state index in [4.69, 9.17) is 0 Å². The zero-order valence-corrected chi connectivity index (χ0v) is 25.0. The van der Waals surface area contributed by atoms with Gasteiger partial charge in [-0.3, -0.25) is 10.1 Å². The number of anilines is 1. The third kappa shape index (κ3) is 6.88. The van der Waals surface area contributed by atoms with Crippen molar-refractivity contribution in [1.82, 2.24) is 10.6 Å². The van der Waals surface area contributed by atoms with Gasteiger partial charge >= 0.3 is 0 Å². The summed E-state index contributed by atoms with van der Waals surface area (Å²) in [6.07, 6.45) is -0.0127. The van der Waals surface area contributed by atoms with Gasteiger partial charge in [0.25, 0.3) is 0 Å². The first-order chi connectivity index (χ1) is 21.1. The van der Waals surface area contributed by atoms with Crippen LogP contribution in [0.25, 0.3) is 0 Å². The molecule has 0 radical (unpaired) electrons. The second-order valence-corrected chi connectivity index (χ2v) is 13.4. The molecule has 44 heavy (non-hydrogen) atoms. The lowest BCUT2D eigenvalue weighted by atomic mass is 9.88. The lowest BCUT2D eigenvalue weighted by molar-refractivity contribution is -0.116. The van der Waals surface area contributed by atoms with E-state index in [0.29, 0.717) is 17.7 Å². The van der Waals surface area contributed by atoms with Crippen molar-refractivity contribution in [1.29, 1.82) is 0 Å². The fraction of sp³-hybridized carbons (Fsp3) is 0.265. The zero-order valence-electron chi connectivity index (χ0n) is 24.2. The van der Waals surface area contributed by atoms with Crippen molar-refractivity contribution in [2.75, 3.05) is 18.4 Å². The van der Waals surface area contributed by atoms with Gasteiger partial charge in [0.15, 0.2) is 9.84 Å². The number of sulfone groups is 1. The third-order valence-corrected chi connectivity index (χ3v) is 10.6. The van der Waals surface area contributed by atoms with E-state index in [-0.39, 0.29) is 48.0 Å². The highest BCUT2D eigenvalue weighted by atomic mass is 32.2. The molecule has 230 valence electrons. The minimum atomic E-state index is -3.89. The Morgan fingerprint density at radius 3 is 2.07 bits per heavy atom.